The van der Waals surface area contributed by atoms with Crippen LogP contribution in [0.15, 0.2) is 34.9 Å². The molecule has 2 aromatic heterocycles. The molecule has 6 heteroatoms. The van der Waals surface area contributed by atoms with E-state index in [-0.39, 0.29) is 5.69 Å². The van der Waals surface area contributed by atoms with Crippen molar-refractivity contribution < 1.29 is 19.2 Å². The van der Waals surface area contributed by atoms with Crippen LogP contribution in [0, 0.1) is 0 Å². The molecule has 0 aliphatic heterocycles. The van der Waals surface area contributed by atoms with Crippen LogP contribution < -0.4 is 4.74 Å². The number of aromatic carboxylic acids is 1. The fourth-order valence-corrected chi connectivity index (χ4v) is 1.87. The highest BCUT2D eigenvalue weighted by Gasteiger charge is 2.14. The molecule has 0 aliphatic rings. The number of aromatic amines is 1. The summed E-state index contributed by atoms with van der Waals surface area (Å²) in [5.41, 5.74) is 1.46. The van der Waals surface area contributed by atoms with Gasteiger partial charge in [-0.25, -0.2) is 4.79 Å². The summed E-state index contributed by atoms with van der Waals surface area (Å²) < 4.78 is 10.2. The van der Waals surface area contributed by atoms with Gasteiger partial charge in [-0.15, -0.1) is 0 Å². The Morgan fingerprint density at radius 1 is 1.37 bits per heavy atom. The van der Waals surface area contributed by atoms with Crippen molar-refractivity contribution in [2.75, 3.05) is 7.11 Å². The number of carboxylic acid groups (broad SMARTS) is 1. The number of ether oxygens (including phenoxy) is 1. The van der Waals surface area contributed by atoms with Gasteiger partial charge in [0.05, 0.1) is 12.8 Å². The molecule has 1 aromatic carbocycles. The van der Waals surface area contributed by atoms with Crippen LogP contribution in [-0.2, 0) is 0 Å². The standard InChI is InChI=1S/C13H10N2O4/c1-18-8-2-3-9-7(4-8)5-10(14-9)12-6-11(13(16)17)15-19-12/h2-6,14H,1H3,(H,16,17). The predicted octanol–water partition coefficient (Wildman–Crippen LogP) is 2.53. The van der Waals surface area contributed by atoms with Crippen molar-refractivity contribution in [1.82, 2.24) is 10.1 Å². The van der Waals surface area contributed by atoms with E-state index in [0.717, 1.165) is 16.7 Å². The smallest absolute Gasteiger partial charge is 0.358 e. The molecular weight excluding hydrogens is 248 g/mol. The Morgan fingerprint density at radius 2 is 2.21 bits per heavy atom. The summed E-state index contributed by atoms with van der Waals surface area (Å²) in [6.07, 6.45) is 0. The number of carboxylic acids is 1. The minimum Gasteiger partial charge on any atom is -0.497 e. The van der Waals surface area contributed by atoms with Gasteiger partial charge in [-0.05, 0) is 24.3 Å². The fraction of sp³-hybridized carbons (Fsp3) is 0.0769. The Hall–Kier alpha value is -2.76. The summed E-state index contributed by atoms with van der Waals surface area (Å²) in [6, 6.07) is 8.83. The quantitative estimate of drug-likeness (QED) is 0.753. The van der Waals surface area contributed by atoms with Gasteiger partial charge >= 0.3 is 5.97 Å². The largest absolute Gasteiger partial charge is 0.497 e. The Bertz CT molecular complexity index is 757. The number of benzene rings is 1. The van der Waals surface area contributed by atoms with Gasteiger partial charge in [0.25, 0.3) is 0 Å². The van der Waals surface area contributed by atoms with E-state index in [9.17, 15) is 4.79 Å². The molecule has 2 heterocycles. The molecule has 0 radical (unpaired) electrons. The maximum atomic E-state index is 10.8. The molecule has 0 unspecified atom stereocenters. The molecule has 2 N–H and O–H groups in total. The van der Waals surface area contributed by atoms with Crippen LogP contribution in [-0.4, -0.2) is 28.3 Å². The van der Waals surface area contributed by atoms with Crippen LogP contribution in [0.3, 0.4) is 0 Å². The normalized spacial score (nSPS) is 10.8. The van der Waals surface area contributed by atoms with Crippen LogP contribution >= 0.6 is 0 Å². The average molecular weight is 258 g/mol. The third kappa shape index (κ3) is 1.93. The Labute approximate surface area is 107 Å². The van der Waals surface area contributed by atoms with E-state index in [2.05, 4.69) is 10.1 Å². The third-order valence-electron chi connectivity index (χ3n) is 2.82. The maximum absolute atomic E-state index is 10.8. The lowest BCUT2D eigenvalue weighted by molar-refractivity contribution is 0.0686. The number of hydrogen-bond donors (Lipinski definition) is 2. The van der Waals surface area contributed by atoms with Crippen LogP contribution in [0.5, 0.6) is 5.75 Å². The lowest BCUT2D eigenvalue weighted by Crippen LogP contribution is -1.94. The number of nitrogens with zero attached hydrogens (tertiary/aromatic N) is 1. The van der Waals surface area contributed by atoms with E-state index in [1.165, 1.54) is 6.07 Å². The van der Waals surface area contributed by atoms with E-state index in [4.69, 9.17) is 14.4 Å². The highest BCUT2D eigenvalue weighted by molar-refractivity contribution is 5.89. The molecule has 3 rings (SSSR count). The number of rotatable bonds is 3. The summed E-state index contributed by atoms with van der Waals surface area (Å²) in [5.74, 6) is 0.0159. The van der Waals surface area contributed by atoms with Crippen LogP contribution in [0.25, 0.3) is 22.4 Å². The molecule has 0 atom stereocenters. The summed E-state index contributed by atoms with van der Waals surface area (Å²) in [7, 11) is 1.60. The lowest BCUT2D eigenvalue weighted by atomic mass is 10.2. The van der Waals surface area contributed by atoms with E-state index in [0.29, 0.717) is 11.5 Å². The molecule has 19 heavy (non-hydrogen) atoms. The number of aromatic nitrogens is 2. The van der Waals surface area contributed by atoms with Crippen molar-refractivity contribution in [3.63, 3.8) is 0 Å². The predicted molar refractivity (Wildman–Crippen MR) is 67.3 cm³/mol. The van der Waals surface area contributed by atoms with Crippen molar-refractivity contribution in [2.24, 2.45) is 0 Å². The Kier molecular flexibility index (Phi) is 2.49. The second-order valence-electron chi connectivity index (χ2n) is 4.02. The second-order valence-corrected chi connectivity index (χ2v) is 4.02. The zero-order chi connectivity index (χ0) is 13.4. The van der Waals surface area contributed by atoms with Crippen molar-refractivity contribution in [1.29, 1.82) is 0 Å². The zero-order valence-corrected chi connectivity index (χ0v) is 10.0. The van der Waals surface area contributed by atoms with Crippen LogP contribution in [0.2, 0.25) is 0 Å². The third-order valence-corrected chi connectivity index (χ3v) is 2.82. The average Bonchev–Trinajstić information content (AvgIpc) is 3.04. The van der Waals surface area contributed by atoms with Gasteiger partial charge in [0.1, 0.15) is 5.75 Å². The molecular formula is C13H10N2O4. The van der Waals surface area contributed by atoms with Gasteiger partial charge < -0.3 is 19.4 Å². The number of H-pyrrole nitrogens is 1. The van der Waals surface area contributed by atoms with Crippen LogP contribution in [0.4, 0.5) is 0 Å². The van der Waals surface area contributed by atoms with E-state index < -0.39 is 5.97 Å². The zero-order valence-electron chi connectivity index (χ0n) is 10.0. The Balaban J connectivity index is 2.06. The Morgan fingerprint density at radius 3 is 2.89 bits per heavy atom. The number of hydrogen-bond acceptors (Lipinski definition) is 4. The summed E-state index contributed by atoms with van der Waals surface area (Å²) in [5, 5.41) is 13.2. The van der Waals surface area contributed by atoms with Gasteiger partial charge in [0.15, 0.2) is 11.5 Å². The topological polar surface area (TPSA) is 88.4 Å². The molecule has 0 saturated heterocycles. The minimum absolute atomic E-state index is 0.119. The summed E-state index contributed by atoms with van der Waals surface area (Å²) in [6.45, 7) is 0. The van der Waals surface area contributed by atoms with Crippen molar-refractivity contribution >= 4 is 16.9 Å². The van der Waals surface area contributed by atoms with Gasteiger partial charge in [-0.2, -0.15) is 0 Å². The van der Waals surface area contributed by atoms with Crippen molar-refractivity contribution in [2.45, 2.75) is 0 Å². The van der Waals surface area contributed by atoms with Crippen molar-refractivity contribution in [3.8, 4) is 17.2 Å². The molecule has 0 fully saturated rings. The first-order valence-corrected chi connectivity index (χ1v) is 5.54. The molecule has 96 valence electrons. The first-order chi connectivity index (χ1) is 9.17. The highest BCUT2D eigenvalue weighted by Crippen LogP contribution is 2.27. The number of carbonyl (C=O) groups is 1. The first kappa shape index (κ1) is 11.3. The van der Waals surface area contributed by atoms with Crippen molar-refractivity contribution in [3.05, 3.63) is 36.0 Å². The SMILES string of the molecule is COc1ccc2[nH]c(-c3cc(C(=O)O)no3)cc2c1. The second kappa shape index (κ2) is 4.16. The number of fused-ring (bicyclic) bond motifs is 1. The van der Waals surface area contributed by atoms with Crippen LogP contribution in [0.1, 0.15) is 10.5 Å². The molecule has 0 saturated carbocycles. The monoisotopic (exact) mass is 258 g/mol. The molecule has 0 bridgehead atoms. The van der Waals surface area contributed by atoms with Gasteiger partial charge in [-0.1, -0.05) is 5.16 Å². The molecule has 3 aromatic rings. The molecule has 0 amide bonds. The van der Waals surface area contributed by atoms with E-state index >= 15 is 0 Å². The van der Waals surface area contributed by atoms with Gasteiger partial charge in [0.2, 0.25) is 0 Å². The summed E-state index contributed by atoms with van der Waals surface area (Å²) >= 11 is 0. The highest BCUT2D eigenvalue weighted by atomic mass is 16.5. The number of methoxy groups -OCH3 is 1. The maximum Gasteiger partial charge on any atom is 0.358 e. The fourth-order valence-electron chi connectivity index (χ4n) is 1.87. The first-order valence-electron chi connectivity index (χ1n) is 5.54. The lowest BCUT2D eigenvalue weighted by Gasteiger charge is -1.97. The van der Waals surface area contributed by atoms with Gasteiger partial charge in [-0.3, -0.25) is 0 Å². The van der Waals surface area contributed by atoms with E-state index in [1.54, 1.807) is 7.11 Å². The van der Waals surface area contributed by atoms with E-state index in [1.807, 2.05) is 24.3 Å². The molecule has 6 nitrogen and oxygen atoms in total. The molecule has 0 spiro atoms. The minimum atomic E-state index is -1.12. The summed E-state index contributed by atoms with van der Waals surface area (Å²) in [4.78, 5) is 13.9. The molecule has 0 aliphatic carbocycles. The van der Waals surface area contributed by atoms with Gasteiger partial charge in [0, 0.05) is 17.0 Å². The number of nitrogens with one attached hydrogen (secondary N) is 1.